The molecule has 0 amide bonds. The van der Waals surface area contributed by atoms with Crippen LogP contribution in [0.15, 0.2) is 0 Å². The topological polar surface area (TPSA) is 69.9 Å². The van der Waals surface area contributed by atoms with Crippen LogP contribution in [0.25, 0.3) is 0 Å². The highest BCUT2D eigenvalue weighted by molar-refractivity contribution is 4.72. The van der Waals surface area contributed by atoms with Crippen molar-refractivity contribution < 1.29 is 20.1 Å². The molecule has 3 atom stereocenters. The molecule has 0 saturated carbocycles. The minimum absolute atomic E-state index is 0.174. The third-order valence-electron chi connectivity index (χ3n) is 4.80. The summed E-state index contributed by atoms with van der Waals surface area (Å²) in [6.07, 6.45) is 14.9. The molecule has 0 aromatic rings. The summed E-state index contributed by atoms with van der Waals surface area (Å²) in [6.45, 7) is 1.94. The molecule has 0 heterocycles. The van der Waals surface area contributed by atoms with Crippen LogP contribution in [0, 0.1) is 0 Å². The summed E-state index contributed by atoms with van der Waals surface area (Å²) in [5.41, 5.74) is 0. The fourth-order valence-electron chi connectivity index (χ4n) is 3.16. The van der Waals surface area contributed by atoms with E-state index < -0.39 is 12.2 Å². The largest absolute Gasteiger partial charge is 0.394 e. The van der Waals surface area contributed by atoms with Crippen LogP contribution in [-0.2, 0) is 4.74 Å². The Labute approximate surface area is 149 Å². The highest BCUT2D eigenvalue weighted by Gasteiger charge is 2.21. The van der Waals surface area contributed by atoms with Crippen molar-refractivity contribution in [3.8, 4) is 0 Å². The first kappa shape index (κ1) is 23.8. The highest BCUT2D eigenvalue weighted by atomic mass is 16.5. The molecule has 0 aromatic carbocycles. The zero-order valence-electron chi connectivity index (χ0n) is 16.1. The molecule has 146 valence electrons. The van der Waals surface area contributed by atoms with E-state index in [4.69, 9.17) is 9.84 Å². The van der Waals surface area contributed by atoms with Crippen molar-refractivity contribution >= 4 is 0 Å². The number of methoxy groups -OCH3 is 1. The van der Waals surface area contributed by atoms with E-state index in [0.29, 0.717) is 0 Å². The Bertz CT molecular complexity index is 248. The van der Waals surface area contributed by atoms with E-state index in [1.807, 2.05) is 0 Å². The summed E-state index contributed by atoms with van der Waals surface area (Å²) in [7, 11) is 1.60. The minimum atomic E-state index is -0.861. The fraction of sp³-hybridized carbons (Fsp3) is 1.00. The summed E-state index contributed by atoms with van der Waals surface area (Å²) in [4.78, 5) is 0. The quantitative estimate of drug-likeness (QED) is 0.325. The van der Waals surface area contributed by atoms with Crippen LogP contribution in [0.1, 0.15) is 96.8 Å². The van der Waals surface area contributed by atoms with Crippen molar-refractivity contribution in [1.82, 2.24) is 0 Å². The smallest absolute Gasteiger partial charge is 0.0831 e. The fourth-order valence-corrected chi connectivity index (χ4v) is 3.16. The summed E-state index contributed by atoms with van der Waals surface area (Å²) >= 11 is 0. The van der Waals surface area contributed by atoms with E-state index in [2.05, 4.69) is 6.92 Å². The second-order valence-electron chi connectivity index (χ2n) is 7.09. The van der Waals surface area contributed by atoms with Crippen LogP contribution in [0.3, 0.4) is 0 Å². The average Bonchev–Trinajstić information content (AvgIpc) is 2.58. The molecule has 0 spiro atoms. The predicted octanol–water partition coefficient (Wildman–Crippen LogP) is 4.20. The molecule has 0 aliphatic carbocycles. The van der Waals surface area contributed by atoms with E-state index in [-0.39, 0.29) is 19.1 Å². The lowest BCUT2D eigenvalue weighted by Crippen LogP contribution is -2.32. The Morgan fingerprint density at radius 3 is 1.62 bits per heavy atom. The Kier molecular flexibility index (Phi) is 17.5. The molecule has 0 fully saturated rings. The van der Waals surface area contributed by atoms with Crippen molar-refractivity contribution in [1.29, 1.82) is 0 Å². The first-order chi connectivity index (χ1) is 11.7. The molecule has 0 bridgehead atoms. The standard InChI is InChI=1S/C20H42O4/c1-3-4-5-6-7-8-9-10-11-12-13-14-15-20(24-2)19(23)16-18(22)17-21/h18-23H,3-17H2,1-2H3. The average molecular weight is 347 g/mol. The predicted molar refractivity (Wildman–Crippen MR) is 100 cm³/mol. The van der Waals surface area contributed by atoms with Crippen LogP contribution >= 0.6 is 0 Å². The van der Waals surface area contributed by atoms with Crippen molar-refractivity contribution in [3.63, 3.8) is 0 Å². The van der Waals surface area contributed by atoms with Crippen molar-refractivity contribution in [2.75, 3.05) is 13.7 Å². The SMILES string of the molecule is CCCCCCCCCCCCCCC(OC)C(O)CC(O)CO. The van der Waals surface area contributed by atoms with Gasteiger partial charge in [-0.3, -0.25) is 0 Å². The Morgan fingerprint density at radius 2 is 1.21 bits per heavy atom. The number of rotatable bonds is 18. The van der Waals surface area contributed by atoms with E-state index in [0.717, 1.165) is 12.8 Å². The van der Waals surface area contributed by atoms with Gasteiger partial charge in [-0.2, -0.15) is 0 Å². The maximum atomic E-state index is 9.99. The van der Waals surface area contributed by atoms with Gasteiger partial charge in [-0.15, -0.1) is 0 Å². The molecule has 24 heavy (non-hydrogen) atoms. The summed E-state index contributed by atoms with van der Waals surface area (Å²) < 4.78 is 5.31. The van der Waals surface area contributed by atoms with Crippen molar-refractivity contribution in [3.05, 3.63) is 0 Å². The maximum absolute atomic E-state index is 9.99. The molecule has 0 rings (SSSR count). The van der Waals surface area contributed by atoms with Crippen LogP contribution < -0.4 is 0 Å². The molecule has 0 aliphatic heterocycles. The number of hydrogen-bond donors (Lipinski definition) is 3. The normalized spacial score (nSPS) is 15.4. The third-order valence-corrected chi connectivity index (χ3v) is 4.80. The Balaban J connectivity index is 3.44. The van der Waals surface area contributed by atoms with Crippen LogP contribution in [0.4, 0.5) is 0 Å². The number of aliphatic hydroxyl groups excluding tert-OH is 3. The van der Waals surface area contributed by atoms with Gasteiger partial charge in [-0.05, 0) is 6.42 Å². The summed E-state index contributed by atoms with van der Waals surface area (Å²) in [5.74, 6) is 0. The second-order valence-corrected chi connectivity index (χ2v) is 7.09. The number of hydrogen-bond acceptors (Lipinski definition) is 4. The minimum Gasteiger partial charge on any atom is -0.394 e. The number of unbranched alkanes of at least 4 members (excludes halogenated alkanes) is 11. The van der Waals surface area contributed by atoms with Gasteiger partial charge in [0.25, 0.3) is 0 Å². The Hall–Kier alpha value is -0.160. The summed E-state index contributed by atoms with van der Waals surface area (Å²) in [6, 6.07) is 0. The van der Waals surface area contributed by atoms with Gasteiger partial charge in [0.1, 0.15) is 0 Å². The third kappa shape index (κ3) is 14.2. The first-order valence-corrected chi connectivity index (χ1v) is 10.2. The van der Waals surface area contributed by atoms with Gasteiger partial charge >= 0.3 is 0 Å². The van der Waals surface area contributed by atoms with Gasteiger partial charge in [-0.1, -0.05) is 84.0 Å². The van der Waals surface area contributed by atoms with E-state index in [9.17, 15) is 10.2 Å². The van der Waals surface area contributed by atoms with E-state index in [1.165, 1.54) is 70.6 Å². The maximum Gasteiger partial charge on any atom is 0.0831 e. The van der Waals surface area contributed by atoms with Gasteiger partial charge < -0.3 is 20.1 Å². The monoisotopic (exact) mass is 346 g/mol. The van der Waals surface area contributed by atoms with Gasteiger partial charge in [0.2, 0.25) is 0 Å². The van der Waals surface area contributed by atoms with Gasteiger partial charge in [0.15, 0.2) is 0 Å². The zero-order chi connectivity index (χ0) is 18.0. The van der Waals surface area contributed by atoms with Crippen LogP contribution in [-0.4, -0.2) is 47.3 Å². The molecule has 4 nitrogen and oxygen atoms in total. The van der Waals surface area contributed by atoms with Gasteiger partial charge in [0.05, 0.1) is 24.9 Å². The van der Waals surface area contributed by atoms with Crippen LogP contribution in [0.2, 0.25) is 0 Å². The number of aliphatic hydroxyl groups is 3. The first-order valence-electron chi connectivity index (χ1n) is 10.2. The molecular weight excluding hydrogens is 304 g/mol. The molecule has 0 aromatic heterocycles. The van der Waals surface area contributed by atoms with Crippen molar-refractivity contribution in [2.45, 2.75) is 115 Å². The molecule has 4 heteroatoms. The molecule has 0 saturated heterocycles. The molecule has 3 N–H and O–H groups in total. The molecule has 0 aliphatic rings. The molecular formula is C20H42O4. The number of ether oxygens (including phenoxy) is 1. The lowest BCUT2D eigenvalue weighted by Gasteiger charge is -2.23. The summed E-state index contributed by atoms with van der Waals surface area (Å²) in [5, 5.41) is 28.2. The second kappa shape index (κ2) is 17.7. The van der Waals surface area contributed by atoms with Crippen molar-refractivity contribution in [2.24, 2.45) is 0 Å². The zero-order valence-corrected chi connectivity index (χ0v) is 16.1. The molecule has 3 unspecified atom stereocenters. The van der Waals surface area contributed by atoms with Gasteiger partial charge in [0, 0.05) is 13.5 Å². The lowest BCUT2D eigenvalue weighted by molar-refractivity contribution is -0.0465. The molecule has 0 radical (unpaired) electrons. The lowest BCUT2D eigenvalue weighted by atomic mass is 10.00. The van der Waals surface area contributed by atoms with Crippen LogP contribution in [0.5, 0.6) is 0 Å². The Morgan fingerprint density at radius 1 is 0.750 bits per heavy atom. The van der Waals surface area contributed by atoms with E-state index >= 15 is 0 Å². The highest BCUT2D eigenvalue weighted by Crippen LogP contribution is 2.16. The van der Waals surface area contributed by atoms with Gasteiger partial charge in [-0.25, -0.2) is 0 Å². The van der Waals surface area contributed by atoms with E-state index in [1.54, 1.807) is 7.11 Å².